The summed E-state index contributed by atoms with van der Waals surface area (Å²) in [4.78, 5) is 11.5. The van der Waals surface area contributed by atoms with Gasteiger partial charge in [0.25, 0.3) is 0 Å². The van der Waals surface area contributed by atoms with Crippen LogP contribution in [0.5, 0.6) is 11.5 Å². The lowest BCUT2D eigenvalue weighted by molar-refractivity contribution is -0.143. The van der Waals surface area contributed by atoms with Crippen LogP contribution in [0.15, 0.2) is 60.7 Å². The second-order valence-corrected chi connectivity index (χ2v) is 10.8. The van der Waals surface area contributed by atoms with Crippen LogP contribution in [-0.4, -0.2) is 28.1 Å². The highest BCUT2D eigenvalue weighted by molar-refractivity contribution is 7.88. The van der Waals surface area contributed by atoms with E-state index in [-0.39, 0.29) is 11.7 Å². The van der Waals surface area contributed by atoms with Crippen molar-refractivity contribution in [3.05, 3.63) is 82.9 Å². The number of benzene rings is 3. The van der Waals surface area contributed by atoms with E-state index >= 15 is 0 Å². The van der Waals surface area contributed by atoms with Gasteiger partial charge in [-0.05, 0) is 60.6 Å². The predicted molar refractivity (Wildman–Crippen MR) is 143 cm³/mol. The third-order valence-corrected chi connectivity index (χ3v) is 7.16. The number of carbonyl (C=O) groups is 1. The third kappa shape index (κ3) is 6.70. The molecule has 0 saturated heterocycles. The fraction of sp³-hybridized carbons (Fsp3) is 0.345. The SMILES string of the molecule is CCOC(=O)CCCCCc1ccc(C2Oc3cccc(OC)c3-c3ccc(CS(N)(=O)=O)cc32)cc1. The van der Waals surface area contributed by atoms with Crippen LogP contribution in [-0.2, 0) is 31.7 Å². The number of hydrogen-bond acceptors (Lipinski definition) is 6. The molecule has 8 heteroatoms. The zero-order valence-corrected chi connectivity index (χ0v) is 22.1. The van der Waals surface area contributed by atoms with Crippen molar-refractivity contribution in [2.45, 2.75) is 50.9 Å². The van der Waals surface area contributed by atoms with Crippen LogP contribution in [0.3, 0.4) is 0 Å². The van der Waals surface area contributed by atoms with E-state index in [1.165, 1.54) is 5.56 Å². The Hall–Kier alpha value is -3.36. The maximum atomic E-state index is 11.8. The zero-order valence-electron chi connectivity index (χ0n) is 21.2. The lowest BCUT2D eigenvalue weighted by atomic mass is 9.87. The van der Waals surface area contributed by atoms with Crippen LogP contribution in [0.1, 0.15) is 61.0 Å². The molecule has 1 unspecified atom stereocenters. The highest BCUT2D eigenvalue weighted by Crippen LogP contribution is 2.49. The van der Waals surface area contributed by atoms with E-state index in [2.05, 4.69) is 24.3 Å². The monoisotopic (exact) mass is 523 g/mol. The molecule has 0 amide bonds. The van der Waals surface area contributed by atoms with Gasteiger partial charge in [0, 0.05) is 12.0 Å². The molecular weight excluding hydrogens is 490 g/mol. The number of carbonyl (C=O) groups excluding carboxylic acids is 1. The molecule has 1 aliphatic rings. The van der Waals surface area contributed by atoms with Crippen molar-refractivity contribution in [1.82, 2.24) is 0 Å². The molecule has 0 aliphatic carbocycles. The minimum atomic E-state index is -3.68. The van der Waals surface area contributed by atoms with E-state index in [9.17, 15) is 13.2 Å². The Morgan fingerprint density at radius 1 is 1.00 bits per heavy atom. The minimum absolute atomic E-state index is 0.133. The summed E-state index contributed by atoms with van der Waals surface area (Å²) >= 11 is 0. The molecule has 0 fully saturated rings. The average Bonchev–Trinajstić information content (AvgIpc) is 2.87. The van der Waals surface area contributed by atoms with Crippen LogP contribution in [0.25, 0.3) is 11.1 Å². The summed E-state index contributed by atoms with van der Waals surface area (Å²) in [6, 6.07) is 19.5. The van der Waals surface area contributed by atoms with Gasteiger partial charge in [-0.15, -0.1) is 0 Å². The molecule has 3 aromatic rings. The molecule has 196 valence electrons. The summed E-state index contributed by atoms with van der Waals surface area (Å²) in [5, 5.41) is 5.31. The van der Waals surface area contributed by atoms with Crippen molar-refractivity contribution < 1.29 is 27.4 Å². The summed E-state index contributed by atoms with van der Waals surface area (Å²) in [6.07, 6.45) is 3.76. The van der Waals surface area contributed by atoms with Crippen LogP contribution < -0.4 is 14.6 Å². The molecule has 0 bridgehead atoms. The first kappa shape index (κ1) is 26.7. The Morgan fingerprint density at radius 2 is 1.76 bits per heavy atom. The van der Waals surface area contributed by atoms with Crippen LogP contribution >= 0.6 is 0 Å². The zero-order chi connectivity index (χ0) is 26.4. The Labute approximate surface area is 218 Å². The number of unbranched alkanes of at least 4 members (excludes halogenated alkanes) is 2. The first-order chi connectivity index (χ1) is 17.8. The van der Waals surface area contributed by atoms with Crippen molar-refractivity contribution in [3.63, 3.8) is 0 Å². The summed E-state index contributed by atoms with van der Waals surface area (Å²) in [6.45, 7) is 2.24. The van der Waals surface area contributed by atoms with E-state index in [0.717, 1.165) is 47.9 Å². The van der Waals surface area contributed by atoms with Gasteiger partial charge in [0.2, 0.25) is 10.0 Å². The van der Waals surface area contributed by atoms with E-state index in [1.807, 2.05) is 37.3 Å². The van der Waals surface area contributed by atoms with Gasteiger partial charge in [-0.25, -0.2) is 13.6 Å². The molecule has 37 heavy (non-hydrogen) atoms. The average molecular weight is 524 g/mol. The standard InChI is InChI=1S/C29H33NO6S/c1-3-35-27(31)11-6-4-5-8-20-12-15-22(16-13-20)29-24-18-21(19-37(30,32)33)14-17-23(24)28-25(34-2)9-7-10-26(28)36-29/h7,9-10,12-18,29H,3-6,8,11,19H2,1-2H3,(H2,30,32,33). The summed E-state index contributed by atoms with van der Waals surface area (Å²) < 4.78 is 40.5. The molecule has 7 nitrogen and oxygen atoms in total. The number of methoxy groups -OCH3 is 1. The number of rotatable bonds is 11. The number of primary sulfonamides is 1. The number of fused-ring (bicyclic) bond motifs is 3. The third-order valence-electron chi connectivity index (χ3n) is 6.42. The lowest BCUT2D eigenvalue weighted by Crippen LogP contribution is -2.18. The van der Waals surface area contributed by atoms with Gasteiger partial charge < -0.3 is 14.2 Å². The molecule has 2 N–H and O–H groups in total. The summed E-state index contributed by atoms with van der Waals surface area (Å²) in [7, 11) is -2.06. The normalized spacial score (nSPS) is 14.3. The molecule has 4 rings (SSSR count). The van der Waals surface area contributed by atoms with E-state index in [1.54, 1.807) is 13.2 Å². The van der Waals surface area contributed by atoms with Crippen molar-refractivity contribution in [2.75, 3.05) is 13.7 Å². The van der Waals surface area contributed by atoms with E-state index < -0.39 is 16.1 Å². The van der Waals surface area contributed by atoms with Gasteiger partial charge in [0.05, 0.1) is 25.0 Å². The minimum Gasteiger partial charge on any atom is -0.496 e. The van der Waals surface area contributed by atoms with E-state index in [0.29, 0.717) is 30.1 Å². The quantitative estimate of drug-likeness (QED) is 0.270. The largest absolute Gasteiger partial charge is 0.496 e. The smallest absolute Gasteiger partial charge is 0.305 e. The first-order valence-electron chi connectivity index (χ1n) is 12.5. The Balaban J connectivity index is 1.55. The molecule has 1 atom stereocenters. The fourth-order valence-corrected chi connectivity index (χ4v) is 5.37. The lowest BCUT2D eigenvalue weighted by Gasteiger charge is -2.30. The van der Waals surface area contributed by atoms with Gasteiger partial charge in [-0.3, -0.25) is 4.79 Å². The number of ether oxygens (including phenoxy) is 3. The topological polar surface area (TPSA) is 105 Å². The van der Waals surface area contributed by atoms with Crippen molar-refractivity contribution in [1.29, 1.82) is 0 Å². The van der Waals surface area contributed by atoms with Gasteiger partial charge in [0.1, 0.15) is 17.6 Å². The molecule has 0 radical (unpaired) electrons. The highest BCUT2D eigenvalue weighted by Gasteiger charge is 2.30. The number of aryl methyl sites for hydroxylation is 1. The van der Waals surface area contributed by atoms with E-state index in [4.69, 9.17) is 19.3 Å². The van der Waals surface area contributed by atoms with Gasteiger partial charge in [-0.1, -0.05) is 55.0 Å². The Bertz CT molecular complexity index is 1350. The number of nitrogens with two attached hydrogens (primary N) is 1. The molecule has 3 aromatic carbocycles. The fourth-order valence-electron chi connectivity index (χ4n) is 4.73. The first-order valence-corrected chi connectivity index (χ1v) is 14.2. The molecule has 0 saturated carbocycles. The molecule has 1 aliphatic heterocycles. The van der Waals surface area contributed by atoms with Gasteiger partial charge in [-0.2, -0.15) is 0 Å². The summed E-state index contributed by atoms with van der Waals surface area (Å²) in [5.41, 5.74) is 5.43. The van der Waals surface area contributed by atoms with Crippen LogP contribution in [0, 0.1) is 0 Å². The molecule has 0 spiro atoms. The van der Waals surface area contributed by atoms with Crippen LogP contribution in [0.4, 0.5) is 0 Å². The van der Waals surface area contributed by atoms with Gasteiger partial charge >= 0.3 is 5.97 Å². The second-order valence-electron chi connectivity index (χ2n) is 9.17. The van der Waals surface area contributed by atoms with Crippen molar-refractivity contribution in [2.24, 2.45) is 5.14 Å². The summed E-state index contributed by atoms with van der Waals surface area (Å²) in [5.74, 6) is 1.02. The number of esters is 1. The predicted octanol–water partition coefficient (Wildman–Crippen LogP) is 5.30. The molecular formula is C29H33NO6S. The second kappa shape index (κ2) is 11.8. The Morgan fingerprint density at radius 3 is 2.46 bits per heavy atom. The van der Waals surface area contributed by atoms with Gasteiger partial charge in [0.15, 0.2) is 0 Å². The Kier molecular flexibility index (Phi) is 8.51. The van der Waals surface area contributed by atoms with Crippen molar-refractivity contribution in [3.8, 4) is 22.6 Å². The number of sulfonamides is 1. The molecule has 1 heterocycles. The maximum Gasteiger partial charge on any atom is 0.305 e. The maximum absolute atomic E-state index is 11.8. The van der Waals surface area contributed by atoms with Crippen molar-refractivity contribution >= 4 is 16.0 Å². The highest BCUT2D eigenvalue weighted by atomic mass is 32.2. The molecule has 0 aromatic heterocycles. The number of hydrogen-bond donors (Lipinski definition) is 1. The van der Waals surface area contributed by atoms with Crippen LogP contribution in [0.2, 0.25) is 0 Å².